The van der Waals surface area contributed by atoms with E-state index in [-0.39, 0.29) is 10.8 Å². The first-order valence-electron chi connectivity index (χ1n) is 11.8. The summed E-state index contributed by atoms with van der Waals surface area (Å²) in [7, 11) is -3.59. The topological polar surface area (TPSA) is 105 Å². The fourth-order valence-corrected chi connectivity index (χ4v) is 5.58. The van der Waals surface area contributed by atoms with Gasteiger partial charge in [0, 0.05) is 50.9 Å². The summed E-state index contributed by atoms with van der Waals surface area (Å²) in [5, 5.41) is 8.44. The number of carbonyl (C=O) groups excluding carboxylic acids is 1. The van der Waals surface area contributed by atoms with Crippen molar-refractivity contribution in [3.05, 3.63) is 72.3 Å². The number of benzene rings is 2. The Morgan fingerprint density at radius 1 is 0.806 bits per heavy atom. The van der Waals surface area contributed by atoms with E-state index in [0.29, 0.717) is 69.7 Å². The van der Waals surface area contributed by atoms with Crippen molar-refractivity contribution in [3.63, 3.8) is 0 Å². The molecule has 0 bridgehead atoms. The summed E-state index contributed by atoms with van der Waals surface area (Å²) >= 11 is 0. The Morgan fingerprint density at radius 2 is 1.50 bits per heavy atom. The molecule has 2 saturated heterocycles. The zero-order valence-electron chi connectivity index (χ0n) is 19.7. The van der Waals surface area contributed by atoms with Crippen LogP contribution in [0.15, 0.2) is 71.6 Å². The van der Waals surface area contributed by atoms with E-state index in [1.54, 1.807) is 23.1 Å². The Kier molecular flexibility index (Phi) is 7.12. The average Bonchev–Trinajstić information content (AvgIpc) is 2.94. The van der Waals surface area contributed by atoms with Crippen LogP contribution in [0.25, 0.3) is 0 Å². The first-order chi connectivity index (χ1) is 17.5. The smallest absolute Gasteiger partial charge is 0.253 e. The van der Waals surface area contributed by atoms with Crippen molar-refractivity contribution in [2.75, 3.05) is 57.4 Å². The molecule has 3 aromatic rings. The number of hydrogen-bond acceptors (Lipinski definition) is 8. The third-order valence-corrected chi connectivity index (χ3v) is 8.10. The molecule has 1 aromatic heterocycles. The second-order valence-corrected chi connectivity index (χ2v) is 10.4. The van der Waals surface area contributed by atoms with Gasteiger partial charge < -0.3 is 19.3 Å². The highest BCUT2D eigenvalue weighted by molar-refractivity contribution is 7.89. The second-order valence-electron chi connectivity index (χ2n) is 8.46. The van der Waals surface area contributed by atoms with Gasteiger partial charge in [-0.05, 0) is 42.5 Å². The van der Waals surface area contributed by atoms with Crippen LogP contribution in [-0.4, -0.2) is 86.2 Å². The summed E-state index contributed by atoms with van der Waals surface area (Å²) in [5.41, 5.74) is 0.464. The van der Waals surface area contributed by atoms with Gasteiger partial charge in [-0.2, -0.15) is 4.31 Å². The van der Waals surface area contributed by atoms with E-state index in [4.69, 9.17) is 9.47 Å². The Hall–Kier alpha value is -3.54. The van der Waals surface area contributed by atoms with Gasteiger partial charge in [0.2, 0.25) is 15.9 Å². The summed E-state index contributed by atoms with van der Waals surface area (Å²) in [6, 6.07) is 19.2. The quantitative estimate of drug-likeness (QED) is 0.498. The standard InChI is InChI=1S/C25H27N5O5S/c31-25(20-6-8-22(9-7-20)36(32,33)30-16-18-34-19-17-30)29-14-12-28(13-15-29)23-10-11-24(27-26-23)35-21-4-2-1-3-5-21/h1-11H,12-19H2. The minimum atomic E-state index is -3.59. The van der Waals surface area contributed by atoms with Crippen molar-refractivity contribution in [1.82, 2.24) is 19.4 Å². The summed E-state index contributed by atoms with van der Waals surface area (Å²) < 4.78 is 38.0. The molecule has 0 aliphatic carbocycles. The lowest BCUT2D eigenvalue weighted by Gasteiger charge is -2.35. The van der Waals surface area contributed by atoms with Crippen LogP contribution in [0.4, 0.5) is 5.82 Å². The summed E-state index contributed by atoms with van der Waals surface area (Å²) in [5.74, 6) is 1.71. The van der Waals surface area contributed by atoms with Crippen molar-refractivity contribution in [2.24, 2.45) is 0 Å². The molecule has 2 aromatic carbocycles. The normalized spacial score (nSPS) is 17.1. The van der Waals surface area contributed by atoms with Crippen molar-refractivity contribution in [2.45, 2.75) is 4.90 Å². The fraction of sp³-hybridized carbons (Fsp3) is 0.320. The Balaban J connectivity index is 1.16. The largest absolute Gasteiger partial charge is 0.438 e. The van der Waals surface area contributed by atoms with Crippen LogP contribution in [0, 0.1) is 0 Å². The minimum absolute atomic E-state index is 0.123. The molecule has 2 fully saturated rings. The maximum absolute atomic E-state index is 13.0. The van der Waals surface area contributed by atoms with E-state index in [9.17, 15) is 13.2 Å². The molecular weight excluding hydrogens is 482 g/mol. The number of aromatic nitrogens is 2. The van der Waals surface area contributed by atoms with Gasteiger partial charge in [0.05, 0.1) is 18.1 Å². The number of hydrogen-bond donors (Lipinski definition) is 0. The highest BCUT2D eigenvalue weighted by Gasteiger charge is 2.27. The molecule has 5 rings (SSSR count). The van der Waals surface area contributed by atoms with Gasteiger partial charge in [0.15, 0.2) is 5.82 Å². The molecule has 0 atom stereocenters. The molecule has 0 saturated carbocycles. The van der Waals surface area contributed by atoms with Crippen LogP contribution in [0.5, 0.6) is 11.6 Å². The van der Waals surface area contributed by atoms with Gasteiger partial charge in [-0.3, -0.25) is 4.79 Å². The Bertz CT molecular complexity index is 1270. The van der Waals surface area contributed by atoms with E-state index in [2.05, 4.69) is 15.1 Å². The Morgan fingerprint density at radius 3 is 2.14 bits per heavy atom. The zero-order chi connectivity index (χ0) is 25.0. The maximum atomic E-state index is 13.0. The van der Waals surface area contributed by atoms with Crippen LogP contribution in [0.1, 0.15) is 10.4 Å². The monoisotopic (exact) mass is 509 g/mol. The highest BCUT2D eigenvalue weighted by Crippen LogP contribution is 2.22. The van der Waals surface area contributed by atoms with Gasteiger partial charge in [0.1, 0.15) is 5.75 Å². The fourth-order valence-electron chi connectivity index (χ4n) is 4.17. The molecule has 10 nitrogen and oxygen atoms in total. The number of amides is 1. The first-order valence-corrected chi connectivity index (χ1v) is 13.2. The van der Waals surface area contributed by atoms with E-state index in [0.717, 1.165) is 5.82 Å². The predicted molar refractivity (Wildman–Crippen MR) is 133 cm³/mol. The number of ether oxygens (including phenoxy) is 2. The molecule has 188 valence electrons. The molecule has 0 radical (unpaired) electrons. The van der Waals surface area contributed by atoms with Crippen molar-refractivity contribution < 1.29 is 22.7 Å². The second kappa shape index (κ2) is 10.6. The van der Waals surface area contributed by atoms with Gasteiger partial charge >= 0.3 is 0 Å². The number of para-hydroxylation sites is 1. The van der Waals surface area contributed by atoms with Crippen molar-refractivity contribution in [3.8, 4) is 11.6 Å². The highest BCUT2D eigenvalue weighted by atomic mass is 32.2. The van der Waals surface area contributed by atoms with E-state index in [1.807, 2.05) is 36.4 Å². The number of anilines is 1. The van der Waals surface area contributed by atoms with Gasteiger partial charge in [0.25, 0.3) is 5.91 Å². The van der Waals surface area contributed by atoms with Crippen LogP contribution in [0.2, 0.25) is 0 Å². The number of rotatable bonds is 6. The van der Waals surface area contributed by atoms with Crippen LogP contribution in [-0.2, 0) is 14.8 Å². The van der Waals surface area contributed by atoms with Crippen LogP contribution < -0.4 is 9.64 Å². The van der Waals surface area contributed by atoms with E-state index in [1.165, 1.54) is 16.4 Å². The summed E-state index contributed by atoms with van der Waals surface area (Å²) in [6.07, 6.45) is 0. The van der Waals surface area contributed by atoms with Crippen LogP contribution in [0.3, 0.4) is 0 Å². The first kappa shape index (κ1) is 24.2. The predicted octanol–water partition coefficient (Wildman–Crippen LogP) is 2.25. The summed E-state index contributed by atoms with van der Waals surface area (Å²) in [6.45, 7) is 3.72. The zero-order valence-corrected chi connectivity index (χ0v) is 20.5. The molecule has 11 heteroatoms. The third kappa shape index (κ3) is 5.32. The van der Waals surface area contributed by atoms with Crippen molar-refractivity contribution in [1.29, 1.82) is 0 Å². The van der Waals surface area contributed by atoms with E-state index < -0.39 is 10.0 Å². The molecule has 0 unspecified atom stereocenters. The Labute approximate surface area is 210 Å². The van der Waals surface area contributed by atoms with E-state index >= 15 is 0 Å². The lowest BCUT2D eigenvalue weighted by molar-refractivity contribution is 0.0730. The number of nitrogens with zero attached hydrogens (tertiary/aromatic N) is 5. The van der Waals surface area contributed by atoms with Crippen LogP contribution >= 0.6 is 0 Å². The number of carbonyl (C=O) groups is 1. The number of morpholine rings is 1. The maximum Gasteiger partial charge on any atom is 0.253 e. The molecule has 1 amide bonds. The van der Waals surface area contributed by atoms with Gasteiger partial charge in [-0.25, -0.2) is 8.42 Å². The average molecular weight is 510 g/mol. The molecule has 2 aliphatic rings. The SMILES string of the molecule is O=C(c1ccc(S(=O)(=O)N2CCOCC2)cc1)N1CCN(c2ccc(Oc3ccccc3)nn2)CC1. The number of piperazine rings is 1. The molecule has 0 spiro atoms. The summed E-state index contributed by atoms with van der Waals surface area (Å²) in [4.78, 5) is 17.0. The van der Waals surface area contributed by atoms with Gasteiger partial charge in [-0.15, -0.1) is 10.2 Å². The molecular formula is C25H27N5O5S. The third-order valence-electron chi connectivity index (χ3n) is 6.19. The molecule has 36 heavy (non-hydrogen) atoms. The van der Waals surface area contributed by atoms with Crippen molar-refractivity contribution >= 4 is 21.7 Å². The van der Waals surface area contributed by atoms with Gasteiger partial charge in [-0.1, -0.05) is 18.2 Å². The molecule has 0 N–H and O–H groups in total. The number of sulfonamides is 1. The molecule has 2 aliphatic heterocycles. The molecule has 3 heterocycles. The lowest BCUT2D eigenvalue weighted by Crippen LogP contribution is -2.49. The lowest BCUT2D eigenvalue weighted by atomic mass is 10.2. The minimum Gasteiger partial charge on any atom is -0.438 e.